The Kier molecular flexibility index (Phi) is 3.45. The van der Waals surface area contributed by atoms with Gasteiger partial charge in [-0.05, 0) is 31.0 Å². The molecule has 1 aromatic rings. The Morgan fingerprint density at radius 3 is 2.76 bits per heavy atom. The molecule has 1 saturated heterocycles. The first-order chi connectivity index (χ1) is 10.0. The lowest BCUT2D eigenvalue weighted by atomic mass is 9.75. The van der Waals surface area contributed by atoms with Crippen LogP contribution < -0.4 is 15.5 Å². The molecule has 3 rings (SSSR count). The summed E-state index contributed by atoms with van der Waals surface area (Å²) in [6.45, 7) is 5.81. The van der Waals surface area contributed by atoms with Gasteiger partial charge in [-0.1, -0.05) is 26.0 Å². The molecule has 2 heterocycles. The molecular weight excluding hydrogens is 266 g/mol. The summed E-state index contributed by atoms with van der Waals surface area (Å²) < 4.78 is 0. The van der Waals surface area contributed by atoms with Gasteiger partial charge in [0.25, 0.3) is 0 Å². The molecular formula is C16H21N3O2. The van der Waals surface area contributed by atoms with Crippen LogP contribution in [0.1, 0.15) is 20.3 Å². The molecule has 0 saturated carbocycles. The summed E-state index contributed by atoms with van der Waals surface area (Å²) in [4.78, 5) is 26.7. The molecule has 2 N–H and O–H groups in total. The molecule has 5 nitrogen and oxygen atoms in total. The second kappa shape index (κ2) is 5.15. The average molecular weight is 287 g/mol. The van der Waals surface area contributed by atoms with E-state index in [4.69, 9.17) is 0 Å². The van der Waals surface area contributed by atoms with Gasteiger partial charge in [0.15, 0.2) is 0 Å². The standard InChI is InChI=1S/C16H21N3O2/c1-11(2)16(7-8-17-10-16)15(21)19-9-14(20)18-12-5-3-4-6-13(12)19/h3-6,11,17H,7-10H2,1-2H3,(H,18,20). The van der Waals surface area contributed by atoms with Crippen LogP contribution >= 0.6 is 0 Å². The number of amides is 2. The van der Waals surface area contributed by atoms with E-state index in [-0.39, 0.29) is 24.3 Å². The van der Waals surface area contributed by atoms with Gasteiger partial charge in [0.1, 0.15) is 6.54 Å². The van der Waals surface area contributed by atoms with Crippen molar-refractivity contribution >= 4 is 23.2 Å². The molecule has 21 heavy (non-hydrogen) atoms. The van der Waals surface area contributed by atoms with E-state index in [1.54, 1.807) is 4.90 Å². The highest BCUT2D eigenvalue weighted by Crippen LogP contribution is 2.39. The maximum Gasteiger partial charge on any atom is 0.244 e. The Morgan fingerprint density at radius 2 is 2.10 bits per heavy atom. The second-order valence-corrected chi connectivity index (χ2v) is 6.19. The van der Waals surface area contributed by atoms with Crippen molar-refractivity contribution in [3.05, 3.63) is 24.3 Å². The Morgan fingerprint density at radius 1 is 1.33 bits per heavy atom. The van der Waals surface area contributed by atoms with Crippen molar-refractivity contribution in [2.75, 3.05) is 29.9 Å². The monoisotopic (exact) mass is 287 g/mol. The third kappa shape index (κ3) is 2.21. The van der Waals surface area contributed by atoms with Crippen LogP contribution in [0.25, 0.3) is 0 Å². The summed E-state index contributed by atoms with van der Waals surface area (Å²) in [6.07, 6.45) is 0.823. The number of rotatable bonds is 2. The fraction of sp³-hybridized carbons (Fsp3) is 0.500. The topological polar surface area (TPSA) is 61.4 Å². The number of hydrogen-bond donors (Lipinski definition) is 2. The van der Waals surface area contributed by atoms with Crippen LogP contribution in [0, 0.1) is 11.3 Å². The van der Waals surface area contributed by atoms with Crippen molar-refractivity contribution in [1.29, 1.82) is 0 Å². The van der Waals surface area contributed by atoms with Crippen LogP contribution in [0.15, 0.2) is 24.3 Å². The molecule has 5 heteroatoms. The summed E-state index contributed by atoms with van der Waals surface area (Å²) in [7, 11) is 0. The van der Waals surface area contributed by atoms with Gasteiger partial charge in [-0.15, -0.1) is 0 Å². The predicted molar refractivity (Wildman–Crippen MR) is 82.2 cm³/mol. The minimum absolute atomic E-state index is 0.0600. The van der Waals surface area contributed by atoms with Crippen LogP contribution in [0.2, 0.25) is 0 Å². The first-order valence-electron chi connectivity index (χ1n) is 7.46. The van der Waals surface area contributed by atoms with Crippen molar-refractivity contribution in [2.45, 2.75) is 20.3 Å². The van der Waals surface area contributed by atoms with E-state index in [2.05, 4.69) is 24.5 Å². The first kappa shape index (κ1) is 14.1. The summed E-state index contributed by atoms with van der Waals surface area (Å²) in [6, 6.07) is 7.48. The number of para-hydroxylation sites is 2. The fourth-order valence-corrected chi connectivity index (χ4v) is 3.32. The van der Waals surface area contributed by atoms with Crippen molar-refractivity contribution in [3.8, 4) is 0 Å². The SMILES string of the molecule is CC(C)C1(C(=O)N2CC(=O)Nc3ccccc32)CCNC1. The molecule has 0 radical (unpaired) electrons. The molecule has 0 spiro atoms. The molecule has 2 aliphatic rings. The summed E-state index contributed by atoms with van der Waals surface area (Å²) >= 11 is 0. The molecule has 0 aromatic heterocycles. The highest BCUT2D eigenvalue weighted by atomic mass is 16.2. The minimum atomic E-state index is -0.412. The minimum Gasteiger partial charge on any atom is -0.323 e. The number of hydrogen-bond acceptors (Lipinski definition) is 3. The van der Waals surface area contributed by atoms with Crippen LogP contribution in [-0.4, -0.2) is 31.4 Å². The molecule has 112 valence electrons. The smallest absolute Gasteiger partial charge is 0.244 e. The molecule has 1 unspecified atom stereocenters. The molecule has 1 atom stereocenters. The van der Waals surface area contributed by atoms with Gasteiger partial charge in [0.2, 0.25) is 11.8 Å². The summed E-state index contributed by atoms with van der Waals surface area (Å²) in [5, 5.41) is 6.13. The second-order valence-electron chi connectivity index (χ2n) is 6.19. The average Bonchev–Trinajstić information content (AvgIpc) is 2.96. The zero-order valence-electron chi connectivity index (χ0n) is 12.5. The van der Waals surface area contributed by atoms with Crippen LogP contribution in [0.3, 0.4) is 0 Å². The van der Waals surface area contributed by atoms with Gasteiger partial charge >= 0.3 is 0 Å². The van der Waals surface area contributed by atoms with E-state index in [1.165, 1.54) is 0 Å². The maximum absolute atomic E-state index is 13.2. The fourth-order valence-electron chi connectivity index (χ4n) is 3.32. The Balaban J connectivity index is 2.00. The zero-order valence-corrected chi connectivity index (χ0v) is 12.5. The van der Waals surface area contributed by atoms with E-state index in [0.717, 1.165) is 18.7 Å². The molecule has 1 fully saturated rings. The number of carbonyl (C=O) groups excluding carboxylic acids is 2. The zero-order chi connectivity index (χ0) is 15.0. The molecule has 2 amide bonds. The summed E-state index contributed by atoms with van der Waals surface area (Å²) in [5.41, 5.74) is 1.10. The predicted octanol–water partition coefficient (Wildman–Crippen LogP) is 1.61. The van der Waals surface area contributed by atoms with E-state index in [9.17, 15) is 9.59 Å². The third-order valence-corrected chi connectivity index (χ3v) is 4.74. The normalized spacial score (nSPS) is 24.9. The van der Waals surface area contributed by atoms with Crippen LogP contribution in [0.5, 0.6) is 0 Å². The van der Waals surface area contributed by atoms with Gasteiger partial charge < -0.3 is 15.5 Å². The largest absolute Gasteiger partial charge is 0.323 e. The van der Waals surface area contributed by atoms with Gasteiger partial charge in [-0.25, -0.2) is 0 Å². The van der Waals surface area contributed by atoms with E-state index in [1.807, 2.05) is 24.3 Å². The Hall–Kier alpha value is -1.88. The van der Waals surface area contributed by atoms with Crippen molar-refractivity contribution in [1.82, 2.24) is 5.32 Å². The van der Waals surface area contributed by atoms with E-state index >= 15 is 0 Å². The van der Waals surface area contributed by atoms with Crippen LogP contribution in [0.4, 0.5) is 11.4 Å². The lowest BCUT2D eigenvalue weighted by molar-refractivity contribution is -0.131. The Bertz CT molecular complexity index is 577. The molecule has 0 bridgehead atoms. The molecule has 2 aliphatic heterocycles. The lowest BCUT2D eigenvalue weighted by Gasteiger charge is -2.38. The van der Waals surface area contributed by atoms with Crippen molar-refractivity contribution in [3.63, 3.8) is 0 Å². The number of anilines is 2. The first-order valence-corrected chi connectivity index (χ1v) is 7.46. The van der Waals surface area contributed by atoms with Crippen molar-refractivity contribution < 1.29 is 9.59 Å². The van der Waals surface area contributed by atoms with E-state index in [0.29, 0.717) is 12.2 Å². The Labute approximate surface area is 124 Å². The quantitative estimate of drug-likeness (QED) is 0.868. The number of nitrogens with one attached hydrogen (secondary N) is 2. The summed E-state index contributed by atoms with van der Waals surface area (Å²) in [5.74, 6) is 0.161. The number of carbonyl (C=O) groups is 2. The maximum atomic E-state index is 13.2. The highest BCUT2D eigenvalue weighted by Gasteiger charge is 2.47. The number of benzene rings is 1. The van der Waals surface area contributed by atoms with Gasteiger partial charge in [0, 0.05) is 6.54 Å². The lowest BCUT2D eigenvalue weighted by Crippen LogP contribution is -2.52. The van der Waals surface area contributed by atoms with Crippen molar-refractivity contribution in [2.24, 2.45) is 11.3 Å². The molecule has 1 aromatic carbocycles. The van der Waals surface area contributed by atoms with Gasteiger partial charge in [-0.3, -0.25) is 9.59 Å². The van der Waals surface area contributed by atoms with Gasteiger partial charge in [-0.2, -0.15) is 0 Å². The van der Waals surface area contributed by atoms with Gasteiger partial charge in [0.05, 0.1) is 16.8 Å². The van der Waals surface area contributed by atoms with E-state index < -0.39 is 5.41 Å². The number of fused-ring (bicyclic) bond motifs is 1. The van der Waals surface area contributed by atoms with Crippen LogP contribution in [-0.2, 0) is 9.59 Å². The highest BCUT2D eigenvalue weighted by molar-refractivity contribution is 6.11. The molecule has 0 aliphatic carbocycles. The third-order valence-electron chi connectivity index (χ3n) is 4.74. The number of nitrogens with zero attached hydrogens (tertiary/aromatic N) is 1.